The molecule has 0 heterocycles. The quantitative estimate of drug-likeness (QED) is 0.485. The largest absolute Gasteiger partial charge is 0.493 e. The number of hydrogen-bond acceptors (Lipinski definition) is 3. The van der Waals surface area contributed by atoms with Crippen molar-refractivity contribution in [3.63, 3.8) is 0 Å². The zero-order valence-corrected chi connectivity index (χ0v) is 9.29. The summed E-state index contributed by atoms with van der Waals surface area (Å²) < 4.78 is 9.94. The lowest BCUT2D eigenvalue weighted by Crippen LogP contribution is -2.09. The summed E-state index contributed by atoms with van der Waals surface area (Å²) in [6.07, 6.45) is 5.01. The topological polar surface area (TPSA) is 35.5 Å². The number of ether oxygens (including phenoxy) is 2. The summed E-state index contributed by atoms with van der Waals surface area (Å²) in [6.45, 7) is 3.89. The molecular weight excluding hydrogens is 180 g/mol. The fourth-order valence-electron chi connectivity index (χ4n) is 1.03. The monoisotopic (exact) mass is 198 g/mol. The molecule has 0 aromatic rings. The second kappa shape index (κ2) is 7.18. The molecule has 0 aliphatic heterocycles. The van der Waals surface area contributed by atoms with E-state index < -0.39 is 0 Å². The summed E-state index contributed by atoms with van der Waals surface area (Å²) in [5.74, 6) is 0.488. The number of ketones is 1. The lowest BCUT2D eigenvalue weighted by atomic mass is 10.2. The van der Waals surface area contributed by atoms with Crippen LogP contribution in [0.25, 0.3) is 0 Å². The van der Waals surface area contributed by atoms with Gasteiger partial charge in [-0.15, -0.1) is 0 Å². The lowest BCUT2D eigenvalue weighted by molar-refractivity contribution is -0.117. The number of carbonyl (C=O) groups is 1. The molecule has 0 bridgehead atoms. The van der Waals surface area contributed by atoms with Gasteiger partial charge in [-0.1, -0.05) is 13.8 Å². The molecule has 0 amide bonds. The van der Waals surface area contributed by atoms with E-state index in [2.05, 4.69) is 0 Å². The number of hydrogen-bond donors (Lipinski definition) is 0. The molecule has 80 valence electrons. The average Bonchev–Trinajstić information content (AvgIpc) is 2.21. The van der Waals surface area contributed by atoms with Crippen molar-refractivity contribution < 1.29 is 14.3 Å². The number of rotatable bonds is 6. The molecule has 0 saturated carbocycles. The van der Waals surface area contributed by atoms with Crippen LogP contribution >= 0.6 is 0 Å². The predicted octanol–water partition coefficient (Wildman–Crippen LogP) is 2.44. The minimum atomic E-state index is -0.196. The summed E-state index contributed by atoms with van der Waals surface area (Å²) in [7, 11) is 2.97. The molecule has 0 fully saturated rings. The van der Waals surface area contributed by atoms with Crippen LogP contribution in [0.15, 0.2) is 23.7 Å². The number of methoxy groups -OCH3 is 2. The molecule has 0 spiro atoms. The molecule has 3 nitrogen and oxygen atoms in total. The molecule has 0 rings (SSSR count). The van der Waals surface area contributed by atoms with Crippen molar-refractivity contribution in [1.82, 2.24) is 0 Å². The first kappa shape index (κ1) is 12.8. The fourth-order valence-corrected chi connectivity index (χ4v) is 1.03. The molecule has 0 radical (unpaired) electrons. The smallest absolute Gasteiger partial charge is 0.261 e. The van der Waals surface area contributed by atoms with Crippen LogP contribution < -0.4 is 0 Å². The van der Waals surface area contributed by atoms with Gasteiger partial charge in [0.15, 0.2) is 11.5 Å². The van der Waals surface area contributed by atoms with E-state index in [1.807, 2.05) is 13.8 Å². The van der Waals surface area contributed by atoms with Gasteiger partial charge in [0.05, 0.1) is 14.2 Å². The zero-order valence-electron chi connectivity index (χ0n) is 9.29. The van der Waals surface area contributed by atoms with Gasteiger partial charge in [-0.3, -0.25) is 4.79 Å². The zero-order chi connectivity index (χ0) is 11.0. The van der Waals surface area contributed by atoms with Crippen molar-refractivity contribution in [3.05, 3.63) is 23.7 Å². The van der Waals surface area contributed by atoms with Crippen LogP contribution in [0.5, 0.6) is 0 Å². The molecule has 0 aliphatic carbocycles. The minimum absolute atomic E-state index is 0.196. The summed E-state index contributed by atoms with van der Waals surface area (Å²) >= 11 is 0. The molecule has 0 aromatic heterocycles. The first-order valence-electron chi connectivity index (χ1n) is 4.74. The van der Waals surface area contributed by atoms with Crippen LogP contribution in [0.1, 0.15) is 26.7 Å². The maximum absolute atomic E-state index is 11.7. The van der Waals surface area contributed by atoms with Crippen molar-refractivity contribution in [2.75, 3.05) is 14.2 Å². The Bertz CT molecular complexity index is 215. The van der Waals surface area contributed by atoms with Crippen LogP contribution in [0.2, 0.25) is 0 Å². The van der Waals surface area contributed by atoms with Gasteiger partial charge >= 0.3 is 0 Å². The lowest BCUT2D eigenvalue weighted by Gasteiger charge is -2.07. The van der Waals surface area contributed by atoms with Gasteiger partial charge in [0.1, 0.15) is 0 Å². The highest BCUT2D eigenvalue weighted by Crippen LogP contribution is 2.09. The van der Waals surface area contributed by atoms with Crippen molar-refractivity contribution in [2.45, 2.75) is 26.7 Å². The second-order valence-electron chi connectivity index (χ2n) is 2.69. The molecule has 3 heteroatoms. The Hall–Kier alpha value is -1.25. The van der Waals surface area contributed by atoms with E-state index in [0.29, 0.717) is 11.5 Å². The Morgan fingerprint density at radius 2 is 1.36 bits per heavy atom. The molecule has 0 aliphatic rings. The van der Waals surface area contributed by atoms with E-state index in [-0.39, 0.29) is 5.78 Å². The molecule has 0 N–H and O–H groups in total. The molecule has 0 aromatic carbocycles. The van der Waals surface area contributed by atoms with Gasteiger partial charge in [0, 0.05) is 0 Å². The maximum atomic E-state index is 11.7. The van der Waals surface area contributed by atoms with E-state index >= 15 is 0 Å². The molecule has 0 atom stereocenters. The Kier molecular flexibility index (Phi) is 6.54. The van der Waals surface area contributed by atoms with Crippen molar-refractivity contribution >= 4 is 5.78 Å². The van der Waals surface area contributed by atoms with Crippen LogP contribution in [0.3, 0.4) is 0 Å². The summed E-state index contributed by atoms with van der Waals surface area (Å²) in [4.78, 5) is 11.7. The van der Waals surface area contributed by atoms with E-state index in [9.17, 15) is 4.79 Å². The second-order valence-corrected chi connectivity index (χ2v) is 2.69. The van der Waals surface area contributed by atoms with Crippen molar-refractivity contribution in [3.8, 4) is 0 Å². The van der Waals surface area contributed by atoms with Crippen molar-refractivity contribution in [2.24, 2.45) is 0 Å². The Labute approximate surface area is 85.4 Å². The highest BCUT2D eigenvalue weighted by molar-refractivity contribution is 6.05. The highest BCUT2D eigenvalue weighted by atomic mass is 16.5. The van der Waals surface area contributed by atoms with Crippen LogP contribution in [0, 0.1) is 0 Å². The van der Waals surface area contributed by atoms with E-state index in [4.69, 9.17) is 9.47 Å². The van der Waals surface area contributed by atoms with Crippen LogP contribution in [-0.2, 0) is 14.3 Å². The number of allylic oxidation sites excluding steroid dienone is 2. The predicted molar refractivity (Wildman–Crippen MR) is 55.8 cm³/mol. The van der Waals surface area contributed by atoms with Crippen LogP contribution in [-0.4, -0.2) is 20.0 Å². The van der Waals surface area contributed by atoms with Gasteiger partial charge in [-0.2, -0.15) is 0 Å². The van der Waals surface area contributed by atoms with Gasteiger partial charge in [0.25, 0.3) is 5.78 Å². The Balaban J connectivity index is 4.72. The number of carbonyl (C=O) groups excluding carboxylic acids is 1. The highest BCUT2D eigenvalue weighted by Gasteiger charge is 2.15. The summed E-state index contributed by atoms with van der Waals surface area (Å²) in [5.41, 5.74) is 0. The van der Waals surface area contributed by atoms with Gasteiger partial charge in [0.2, 0.25) is 0 Å². The van der Waals surface area contributed by atoms with Gasteiger partial charge in [-0.05, 0) is 25.0 Å². The molecule has 0 unspecified atom stereocenters. The normalized spacial score (nSPS) is 12.6. The molecule has 0 saturated heterocycles. The maximum Gasteiger partial charge on any atom is 0.261 e. The first-order valence-corrected chi connectivity index (χ1v) is 4.74. The van der Waals surface area contributed by atoms with E-state index in [0.717, 1.165) is 12.8 Å². The Morgan fingerprint density at radius 3 is 1.57 bits per heavy atom. The van der Waals surface area contributed by atoms with Gasteiger partial charge < -0.3 is 9.47 Å². The standard InChI is InChI=1S/C11H18O3/c1-5-7-9(13-3)11(12)10(14-4)8-6-2/h7-8H,5-6H2,1-4H3/b9-7-,10-8-. The third-order valence-electron chi connectivity index (χ3n) is 1.67. The third-order valence-corrected chi connectivity index (χ3v) is 1.67. The molecule has 14 heavy (non-hydrogen) atoms. The van der Waals surface area contributed by atoms with Gasteiger partial charge in [-0.25, -0.2) is 0 Å². The van der Waals surface area contributed by atoms with E-state index in [1.54, 1.807) is 12.2 Å². The first-order chi connectivity index (χ1) is 6.71. The van der Waals surface area contributed by atoms with E-state index in [1.165, 1.54) is 14.2 Å². The third kappa shape index (κ3) is 3.64. The minimum Gasteiger partial charge on any atom is -0.493 e. The average molecular weight is 198 g/mol. The SMILES string of the molecule is CC/C=C(\OC)C(=O)/C(=C/CC)OC. The molecular formula is C11H18O3. The van der Waals surface area contributed by atoms with Crippen LogP contribution in [0.4, 0.5) is 0 Å². The fraction of sp³-hybridized carbons (Fsp3) is 0.545. The van der Waals surface area contributed by atoms with Crippen molar-refractivity contribution in [1.29, 1.82) is 0 Å². The summed E-state index contributed by atoms with van der Waals surface area (Å²) in [5, 5.41) is 0. The summed E-state index contributed by atoms with van der Waals surface area (Å²) in [6, 6.07) is 0. The Morgan fingerprint density at radius 1 is 1.00 bits per heavy atom. The number of Topliss-reactive ketones (excluding diaryl/α,β-unsaturated/α-hetero) is 1.